The molecule has 2 aliphatic heterocycles. The van der Waals surface area contributed by atoms with Crippen LogP contribution in [0.15, 0.2) is 0 Å². The molecule has 0 aromatic carbocycles. The number of halogens is 1. The Hall–Kier alpha value is -1.65. The van der Waals surface area contributed by atoms with E-state index in [1.54, 1.807) is 4.90 Å². The van der Waals surface area contributed by atoms with Crippen molar-refractivity contribution >= 4 is 33.6 Å². The molecule has 2 aliphatic rings. The van der Waals surface area contributed by atoms with Gasteiger partial charge >= 0.3 is 6.09 Å². The van der Waals surface area contributed by atoms with Gasteiger partial charge in [-0.25, -0.2) is 14.8 Å². The van der Waals surface area contributed by atoms with Gasteiger partial charge in [0.05, 0.1) is 24.6 Å². The maximum Gasteiger partial charge on any atom is 0.410 e. The Balaban J connectivity index is 1.73. The third kappa shape index (κ3) is 7.68. The van der Waals surface area contributed by atoms with E-state index in [-0.39, 0.29) is 35.1 Å². The zero-order chi connectivity index (χ0) is 25.3. The molecule has 0 radical (unpaired) electrons. The molecule has 0 aliphatic carbocycles. The number of piperidine rings is 1. The first kappa shape index (κ1) is 26.9. The molecule has 192 valence electrons. The maximum atomic E-state index is 12.5. The van der Waals surface area contributed by atoms with Crippen LogP contribution in [0.25, 0.3) is 0 Å². The fourth-order valence-electron chi connectivity index (χ4n) is 4.12. The second kappa shape index (κ2) is 10.1. The minimum absolute atomic E-state index is 0.0208. The Morgan fingerprint density at radius 3 is 2.50 bits per heavy atom. The summed E-state index contributed by atoms with van der Waals surface area (Å²) in [5.74, 6) is 0.647. The Labute approximate surface area is 208 Å². The normalized spacial score (nSPS) is 19.7. The van der Waals surface area contributed by atoms with Gasteiger partial charge in [0, 0.05) is 25.2 Å². The lowest BCUT2D eigenvalue weighted by Gasteiger charge is -2.37. The van der Waals surface area contributed by atoms with Crippen LogP contribution in [-0.2, 0) is 32.0 Å². The van der Waals surface area contributed by atoms with E-state index in [1.165, 1.54) is 0 Å². The first-order chi connectivity index (χ1) is 15.6. The molecule has 1 aromatic rings. The predicted octanol–water partition coefficient (Wildman–Crippen LogP) is 4.03. The van der Waals surface area contributed by atoms with Crippen LogP contribution in [0, 0.1) is 11.3 Å². The highest BCUT2D eigenvalue weighted by Crippen LogP contribution is 2.32. The largest absolute Gasteiger partial charge is 0.444 e. The fraction of sp³-hybridized carbons (Fsp3) is 0.783. The average Bonchev–Trinajstić information content (AvgIpc) is 2.69. The quantitative estimate of drug-likeness (QED) is 0.427. The first-order valence-electron chi connectivity index (χ1n) is 11.8. The van der Waals surface area contributed by atoms with Gasteiger partial charge in [-0.1, -0.05) is 20.8 Å². The molecule has 11 heteroatoms. The van der Waals surface area contributed by atoms with Crippen molar-refractivity contribution in [1.82, 2.24) is 14.9 Å². The lowest BCUT2D eigenvalue weighted by molar-refractivity contribution is 0.0220. The zero-order valence-electron chi connectivity index (χ0n) is 21.1. The summed E-state index contributed by atoms with van der Waals surface area (Å²) in [6.07, 6.45) is 1.85. The molecule has 9 nitrogen and oxygen atoms in total. The lowest BCUT2D eigenvalue weighted by Crippen LogP contribution is -2.43. The molecule has 0 N–H and O–H groups in total. The lowest BCUT2D eigenvalue weighted by atomic mass is 9.98. The number of carbonyl (C=O) groups excluding carboxylic acids is 1. The number of hydrogen-bond donors (Lipinski definition) is 0. The van der Waals surface area contributed by atoms with Gasteiger partial charge in [-0.05, 0) is 63.0 Å². The molecule has 1 unspecified atom stereocenters. The van der Waals surface area contributed by atoms with Crippen LogP contribution in [0.5, 0.6) is 0 Å². The third-order valence-electron chi connectivity index (χ3n) is 5.60. The Bertz CT molecular complexity index is 1000. The second-order valence-electron chi connectivity index (χ2n) is 11.4. The zero-order valence-corrected chi connectivity index (χ0v) is 22.6. The van der Waals surface area contributed by atoms with Crippen molar-refractivity contribution < 1.29 is 22.1 Å². The van der Waals surface area contributed by atoms with Crippen molar-refractivity contribution in [2.75, 3.05) is 36.9 Å². The van der Waals surface area contributed by atoms with Crippen LogP contribution in [0.3, 0.4) is 0 Å². The third-order valence-corrected chi connectivity index (χ3v) is 7.12. The molecular formula is C23H37ClN4O5S. The van der Waals surface area contributed by atoms with Gasteiger partial charge in [0.1, 0.15) is 11.4 Å². The standard InChI is InChI=1S/C23H37ClN4O5S/c1-22(2,3)15-32-34(30,31)14-16-8-7-10-27(12-16)19-17-9-11-28(21(29)33-23(4,5)6)13-18(17)25-20(24)26-19/h16H,7-15H2,1-6H3. The van der Waals surface area contributed by atoms with Gasteiger partial charge in [-0.3, -0.25) is 4.18 Å². The molecule has 1 amide bonds. The fourth-order valence-corrected chi connectivity index (χ4v) is 5.78. The number of aromatic nitrogens is 2. The molecular weight excluding hydrogens is 480 g/mol. The highest BCUT2D eigenvalue weighted by Gasteiger charge is 2.32. The maximum absolute atomic E-state index is 12.5. The van der Waals surface area contributed by atoms with Crippen LogP contribution >= 0.6 is 11.6 Å². The number of amides is 1. The van der Waals surface area contributed by atoms with E-state index in [9.17, 15) is 13.2 Å². The molecule has 1 saturated heterocycles. The highest BCUT2D eigenvalue weighted by molar-refractivity contribution is 7.86. The number of nitrogens with zero attached hydrogens (tertiary/aromatic N) is 4. The Morgan fingerprint density at radius 2 is 1.85 bits per heavy atom. The van der Waals surface area contributed by atoms with E-state index < -0.39 is 15.7 Å². The van der Waals surface area contributed by atoms with E-state index in [1.807, 2.05) is 41.5 Å². The monoisotopic (exact) mass is 516 g/mol. The van der Waals surface area contributed by atoms with Crippen LogP contribution < -0.4 is 4.90 Å². The number of fused-ring (bicyclic) bond motifs is 1. The van der Waals surface area contributed by atoms with E-state index in [4.69, 9.17) is 20.5 Å². The number of ether oxygens (including phenoxy) is 1. The molecule has 3 heterocycles. The topological polar surface area (TPSA) is 102 Å². The number of hydrogen-bond acceptors (Lipinski definition) is 8. The number of anilines is 1. The smallest absolute Gasteiger partial charge is 0.410 e. The van der Waals surface area contributed by atoms with Crippen molar-refractivity contribution in [2.45, 2.75) is 73.0 Å². The summed E-state index contributed by atoms with van der Waals surface area (Å²) in [5, 5.41) is 0.114. The molecule has 1 aromatic heterocycles. The Morgan fingerprint density at radius 1 is 1.15 bits per heavy atom. The van der Waals surface area contributed by atoms with Crippen LogP contribution in [0.1, 0.15) is 65.6 Å². The minimum Gasteiger partial charge on any atom is -0.444 e. The second-order valence-corrected chi connectivity index (χ2v) is 13.4. The van der Waals surface area contributed by atoms with Gasteiger partial charge in [-0.15, -0.1) is 0 Å². The van der Waals surface area contributed by atoms with Crippen molar-refractivity contribution in [3.8, 4) is 0 Å². The van der Waals surface area contributed by atoms with E-state index in [2.05, 4.69) is 14.9 Å². The van der Waals surface area contributed by atoms with E-state index in [0.29, 0.717) is 31.7 Å². The number of rotatable bonds is 5. The van der Waals surface area contributed by atoms with Crippen molar-refractivity contribution in [3.05, 3.63) is 16.5 Å². The summed E-state index contributed by atoms with van der Waals surface area (Å²) in [4.78, 5) is 25.1. The summed E-state index contributed by atoms with van der Waals surface area (Å²) in [5.41, 5.74) is 0.855. The van der Waals surface area contributed by atoms with Gasteiger partial charge in [0.2, 0.25) is 5.28 Å². The number of carbonyl (C=O) groups is 1. The van der Waals surface area contributed by atoms with Gasteiger partial charge in [0.25, 0.3) is 10.1 Å². The summed E-state index contributed by atoms with van der Waals surface area (Å²) in [7, 11) is -3.62. The molecule has 1 atom stereocenters. The molecule has 3 rings (SSSR count). The van der Waals surface area contributed by atoms with Gasteiger partial charge in [-0.2, -0.15) is 8.42 Å². The minimum atomic E-state index is -3.62. The summed E-state index contributed by atoms with van der Waals surface area (Å²) >= 11 is 6.26. The predicted molar refractivity (Wildman–Crippen MR) is 132 cm³/mol. The van der Waals surface area contributed by atoms with E-state index in [0.717, 1.165) is 30.8 Å². The summed E-state index contributed by atoms with van der Waals surface area (Å²) < 4.78 is 35.9. The van der Waals surface area contributed by atoms with Crippen LogP contribution in [-0.4, -0.2) is 67.0 Å². The SMILES string of the molecule is CC(C)(C)COS(=O)(=O)CC1CCCN(c2nc(Cl)nc3c2CCN(C(=O)OC(C)(C)C)C3)C1. The molecule has 34 heavy (non-hydrogen) atoms. The van der Waals surface area contributed by atoms with E-state index >= 15 is 0 Å². The van der Waals surface area contributed by atoms with Crippen LogP contribution in [0.4, 0.5) is 10.6 Å². The van der Waals surface area contributed by atoms with Crippen molar-refractivity contribution in [2.24, 2.45) is 11.3 Å². The van der Waals surface area contributed by atoms with Crippen LogP contribution in [0.2, 0.25) is 5.28 Å². The Kier molecular flexibility index (Phi) is 8.04. The average molecular weight is 517 g/mol. The van der Waals surface area contributed by atoms with Crippen molar-refractivity contribution in [1.29, 1.82) is 0 Å². The molecule has 0 bridgehead atoms. The van der Waals surface area contributed by atoms with Gasteiger partial charge < -0.3 is 14.5 Å². The summed E-state index contributed by atoms with van der Waals surface area (Å²) in [6.45, 7) is 13.6. The first-order valence-corrected chi connectivity index (χ1v) is 13.7. The van der Waals surface area contributed by atoms with Crippen molar-refractivity contribution in [3.63, 3.8) is 0 Å². The highest BCUT2D eigenvalue weighted by atomic mass is 35.5. The summed E-state index contributed by atoms with van der Waals surface area (Å²) in [6, 6.07) is 0. The molecule has 1 fully saturated rings. The molecule has 0 spiro atoms. The molecule has 0 saturated carbocycles. The van der Waals surface area contributed by atoms with Gasteiger partial charge in [0.15, 0.2) is 0 Å².